The monoisotopic (exact) mass is 878 g/mol. The molecule has 0 bridgehead atoms. The number of carbonyl (C=O) groups excluding carboxylic acids is 2. The number of carbonyl (C=O) groups is 2. The predicted molar refractivity (Wildman–Crippen MR) is 237 cm³/mol. The van der Waals surface area contributed by atoms with Crippen LogP contribution in [0.3, 0.4) is 0 Å². The van der Waals surface area contributed by atoms with Gasteiger partial charge in [-0.05, 0) is 61.1 Å². The van der Waals surface area contributed by atoms with E-state index in [0.717, 1.165) is 11.1 Å². The van der Waals surface area contributed by atoms with E-state index in [-0.39, 0.29) is 61.6 Å². The van der Waals surface area contributed by atoms with Gasteiger partial charge in [0.25, 0.3) is 0 Å². The van der Waals surface area contributed by atoms with E-state index in [2.05, 4.69) is 21.3 Å². The van der Waals surface area contributed by atoms with Crippen molar-refractivity contribution < 1.29 is 38.0 Å². The van der Waals surface area contributed by atoms with Gasteiger partial charge in [-0.25, -0.2) is 9.97 Å². The number of anilines is 4. The Labute approximate surface area is 363 Å². The summed E-state index contributed by atoms with van der Waals surface area (Å²) >= 11 is 0. The minimum Gasteiger partial charge on any atom is -0.493 e. The minimum absolute atomic E-state index is 0. The lowest BCUT2D eigenvalue weighted by Crippen LogP contribution is -2.39. The zero-order chi connectivity index (χ0) is 42.5. The number of halogens is 2. The number of nitrogens with zero attached hydrogens (tertiary/aromatic N) is 4. The summed E-state index contributed by atoms with van der Waals surface area (Å²) < 4.78 is 33.1. The molecule has 2 aromatic carbocycles. The van der Waals surface area contributed by atoms with E-state index in [1.807, 2.05) is 64.1 Å². The van der Waals surface area contributed by atoms with E-state index in [0.29, 0.717) is 58.8 Å². The molecule has 0 radical (unpaired) electrons. The van der Waals surface area contributed by atoms with Crippen molar-refractivity contribution >= 4 is 71.3 Å². The Morgan fingerprint density at radius 3 is 1.22 bits per heavy atom. The number of hydrogen-bond acceptors (Lipinski definition) is 18. The van der Waals surface area contributed by atoms with E-state index < -0.39 is 36.2 Å². The SMILES string of the molecule is COc1ccc(CNc2nc(NCC(C)OC(=O)[C@@H](N)C(C)C)nc3c(NCc4ccc(OC)c(OC)c4)nc(NCC(C)OC(=O)[C@@H](N)C(C)C)nc23)cc1OC.Cl.Cl. The highest BCUT2D eigenvalue weighted by Gasteiger charge is 2.24. The molecule has 18 nitrogen and oxygen atoms in total. The lowest BCUT2D eigenvalue weighted by atomic mass is 10.1. The quantitative estimate of drug-likeness (QED) is 0.0558. The summed E-state index contributed by atoms with van der Waals surface area (Å²) in [6, 6.07) is 9.66. The molecule has 0 aliphatic heterocycles. The molecule has 2 aromatic heterocycles. The van der Waals surface area contributed by atoms with Gasteiger partial charge in [0.05, 0.1) is 41.5 Å². The van der Waals surface area contributed by atoms with Crippen LogP contribution in [0.15, 0.2) is 36.4 Å². The van der Waals surface area contributed by atoms with Crippen molar-refractivity contribution in [3.05, 3.63) is 47.5 Å². The van der Waals surface area contributed by atoms with Crippen LogP contribution in [-0.4, -0.2) is 97.7 Å². The number of methoxy groups -OCH3 is 4. The second kappa shape index (κ2) is 24.1. The Balaban J connectivity index is 0.00000620. The highest BCUT2D eigenvalue weighted by Crippen LogP contribution is 2.32. The summed E-state index contributed by atoms with van der Waals surface area (Å²) in [5.74, 6) is 2.34. The average Bonchev–Trinajstić information content (AvgIpc) is 3.22. The maximum absolute atomic E-state index is 12.6. The first-order chi connectivity index (χ1) is 27.7. The van der Waals surface area contributed by atoms with Gasteiger partial charge >= 0.3 is 11.9 Å². The summed E-state index contributed by atoms with van der Waals surface area (Å²) in [6.07, 6.45) is -1.12. The number of aromatic nitrogens is 4. The van der Waals surface area contributed by atoms with E-state index in [1.165, 1.54) is 0 Å². The fraction of sp³-hybridized carbons (Fsp3) is 0.500. The van der Waals surface area contributed by atoms with Crippen LogP contribution >= 0.6 is 24.8 Å². The summed E-state index contributed by atoms with van der Waals surface area (Å²) in [5, 5.41) is 13.2. The Kier molecular flexibility index (Phi) is 20.4. The highest BCUT2D eigenvalue weighted by molar-refractivity contribution is 5.94. The first-order valence-electron chi connectivity index (χ1n) is 19.1. The first kappa shape index (κ1) is 50.8. The molecular formula is C40H60Cl2N10O8. The molecule has 0 saturated carbocycles. The fourth-order valence-electron chi connectivity index (χ4n) is 5.42. The van der Waals surface area contributed by atoms with Crippen LogP contribution in [0.2, 0.25) is 0 Å². The smallest absolute Gasteiger partial charge is 0.323 e. The van der Waals surface area contributed by atoms with Gasteiger partial charge in [-0.2, -0.15) is 9.97 Å². The van der Waals surface area contributed by atoms with Crippen molar-refractivity contribution in [1.82, 2.24) is 19.9 Å². The van der Waals surface area contributed by atoms with Gasteiger partial charge in [0.15, 0.2) is 34.6 Å². The molecule has 0 fully saturated rings. The molecule has 332 valence electrons. The number of esters is 2. The van der Waals surface area contributed by atoms with Crippen LogP contribution < -0.4 is 51.7 Å². The summed E-state index contributed by atoms with van der Waals surface area (Å²) in [4.78, 5) is 44.4. The molecule has 4 atom stereocenters. The molecule has 60 heavy (non-hydrogen) atoms. The maximum atomic E-state index is 12.6. The van der Waals surface area contributed by atoms with Crippen LogP contribution in [-0.2, 0) is 32.2 Å². The van der Waals surface area contributed by atoms with Crippen molar-refractivity contribution in [2.45, 2.75) is 78.9 Å². The molecule has 4 rings (SSSR count). The summed E-state index contributed by atoms with van der Waals surface area (Å²) in [6.45, 7) is 11.9. The molecule has 0 aliphatic carbocycles. The number of nitrogens with two attached hydrogens (primary N) is 2. The third kappa shape index (κ3) is 13.9. The molecule has 20 heteroatoms. The lowest BCUT2D eigenvalue weighted by Gasteiger charge is -2.20. The molecule has 0 spiro atoms. The Morgan fingerprint density at radius 1 is 0.550 bits per heavy atom. The number of benzene rings is 2. The van der Waals surface area contributed by atoms with Gasteiger partial charge in [0, 0.05) is 13.1 Å². The zero-order valence-electron chi connectivity index (χ0n) is 35.8. The molecule has 2 unspecified atom stereocenters. The highest BCUT2D eigenvalue weighted by atomic mass is 35.5. The normalized spacial score (nSPS) is 12.8. The van der Waals surface area contributed by atoms with E-state index in [1.54, 1.807) is 42.3 Å². The third-order valence-corrected chi connectivity index (χ3v) is 9.07. The van der Waals surface area contributed by atoms with Gasteiger partial charge in [0.2, 0.25) is 11.9 Å². The first-order valence-corrected chi connectivity index (χ1v) is 19.1. The largest absolute Gasteiger partial charge is 0.493 e. The number of nitrogens with one attached hydrogen (secondary N) is 4. The minimum atomic E-state index is -0.751. The van der Waals surface area contributed by atoms with E-state index >= 15 is 0 Å². The molecule has 8 N–H and O–H groups in total. The Hall–Kier alpha value is -5.30. The van der Waals surface area contributed by atoms with Gasteiger partial charge in [-0.15, -0.1) is 24.8 Å². The zero-order valence-corrected chi connectivity index (χ0v) is 37.4. The maximum Gasteiger partial charge on any atom is 0.323 e. The molecule has 0 aliphatic rings. The van der Waals surface area contributed by atoms with E-state index in [4.69, 9.17) is 59.8 Å². The summed E-state index contributed by atoms with van der Waals surface area (Å²) in [5.41, 5.74) is 14.5. The van der Waals surface area contributed by atoms with Crippen LogP contribution in [0.25, 0.3) is 11.0 Å². The Morgan fingerprint density at radius 2 is 0.900 bits per heavy atom. The third-order valence-electron chi connectivity index (χ3n) is 9.07. The Bertz CT molecular complexity index is 1870. The van der Waals surface area contributed by atoms with Crippen molar-refractivity contribution in [3.8, 4) is 23.0 Å². The predicted octanol–water partition coefficient (Wildman–Crippen LogP) is 5.18. The molecular weight excluding hydrogens is 819 g/mol. The molecule has 0 amide bonds. The van der Waals surface area contributed by atoms with Crippen molar-refractivity contribution in [2.75, 3.05) is 62.8 Å². The van der Waals surface area contributed by atoms with Crippen molar-refractivity contribution in [1.29, 1.82) is 0 Å². The molecule has 4 aromatic rings. The number of hydrogen-bond donors (Lipinski definition) is 6. The van der Waals surface area contributed by atoms with Crippen LogP contribution in [0.5, 0.6) is 23.0 Å². The second-order valence-corrected chi connectivity index (χ2v) is 14.4. The molecule has 0 saturated heterocycles. The van der Waals surface area contributed by atoms with Gasteiger partial charge in [0.1, 0.15) is 35.3 Å². The number of ether oxygens (including phenoxy) is 6. The fourth-order valence-corrected chi connectivity index (χ4v) is 5.42. The lowest BCUT2D eigenvalue weighted by molar-refractivity contribution is -0.151. The number of rotatable bonds is 22. The standard InChI is InChI=1S/C40H58N10O8.2ClH/c1-21(2)31(41)37(51)57-23(5)17-45-39-47-33-34(35(49-39)43-19-25-11-13-27(53-7)29(15-25)55-9)48-40(46-18-24(6)58-38(52)32(42)22(3)4)50-36(33)44-20-26-12-14-28(54-8)30(16-26)56-10;;/h11-16,21-24,31-32H,17-20,41-42H2,1-10H3,(H2,43,45,47,49)(H2,44,46,48,50);2*1H/t23?,24?,31-,32-;;/m0../s1. The van der Waals surface area contributed by atoms with Gasteiger partial charge in [-0.3, -0.25) is 9.59 Å². The van der Waals surface area contributed by atoms with Crippen LogP contribution in [0.1, 0.15) is 52.7 Å². The summed E-state index contributed by atoms with van der Waals surface area (Å²) in [7, 11) is 6.29. The van der Waals surface area contributed by atoms with E-state index in [9.17, 15) is 9.59 Å². The average molecular weight is 880 g/mol. The van der Waals surface area contributed by atoms with Crippen LogP contribution in [0, 0.1) is 11.8 Å². The van der Waals surface area contributed by atoms with Gasteiger partial charge in [-0.1, -0.05) is 39.8 Å². The van der Waals surface area contributed by atoms with Crippen molar-refractivity contribution in [3.63, 3.8) is 0 Å². The van der Waals surface area contributed by atoms with Crippen LogP contribution in [0.4, 0.5) is 23.5 Å². The topological polar surface area (TPSA) is 241 Å². The molecule has 2 heterocycles. The van der Waals surface area contributed by atoms with Crippen molar-refractivity contribution in [2.24, 2.45) is 23.3 Å². The second-order valence-electron chi connectivity index (χ2n) is 14.4. The number of fused-ring (bicyclic) bond motifs is 1. The van der Waals surface area contributed by atoms with Gasteiger partial charge < -0.3 is 61.2 Å².